The molecule has 0 heterocycles. The van der Waals surface area contributed by atoms with Gasteiger partial charge in [-0.3, -0.25) is 0 Å². The Labute approximate surface area is 118 Å². The molecule has 19 heavy (non-hydrogen) atoms. The summed E-state index contributed by atoms with van der Waals surface area (Å²) < 4.78 is 0. The lowest BCUT2D eigenvalue weighted by molar-refractivity contribution is 0.117. The van der Waals surface area contributed by atoms with Gasteiger partial charge in [-0.2, -0.15) is 0 Å². The monoisotopic (exact) mass is 259 g/mol. The van der Waals surface area contributed by atoms with Gasteiger partial charge in [0.1, 0.15) is 0 Å². The topological polar surface area (TPSA) is 12.0 Å². The van der Waals surface area contributed by atoms with Crippen molar-refractivity contribution in [2.24, 2.45) is 17.3 Å². The zero-order chi connectivity index (χ0) is 13.9. The van der Waals surface area contributed by atoms with Crippen molar-refractivity contribution < 1.29 is 0 Å². The van der Waals surface area contributed by atoms with Crippen molar-refractivity contribution in [3.05, 3.63) is 35.4 Å². The first kappa shape index (κ1) is 14.6. The summed E-state index contributed by atoms with van der Waals surface area (Å²) in [5.41, 5.74) is 3.40. The molecule has 0 radical (unpaired) electrons. The molecular weight excluding hydrogens is 230 g/mol. The van der Waals surface area contributed by atoms with Crippen molar-refractivity contribution in [3.8, 4) is 0 Å². The van der Waals surface area contributed by atoms with E-state index < -0.39 is 0 Å². The normalized spacial score (nSPS) is 26.3. The Morgan fingerprint density at radius 1 is 1.16 bits per heavy atom. The Bertz CT molecular complexity index is 391. The molecule has 0 bridgehead atoms. The third-order valence-corrected chi connectivity index (χ3v) is 4.76. The van der Waals surface area contributed by atoms with Crippen LogP contribution in [0.3, 0.4) is 0 Å². The molecule has 1 aromatic carbocycles. The van der Waals surface area contributed by atoms with Crippen LogP contribution in [0.4, 0.5) is 0 Å². The zero-order valence-corrected chi connectivity index (χ0v) is 13.0. The molecule has 2 atom stereocenters. The molecule has 1 N–H and O–H groups in total. The van der Waals surface area contributed by atoms with Crippen molar-refractivity contribution in [1.29, 1.82) is 0 Å². The van der Waals surface area contributed by atoms with Crippen LogP contribution in [0.2, 0.25) is 0 Å². The summed E-state index contributed by atoms with van der Waals surface area (Å²) in [5, 5.41) is 3.39. The van der Waals surface area contributed by atoms with E-state index in [2.05, 4.69) is 57.4 Å². The van der Waals surface area contributed by atoms with Gasteiger partial charge >= 0.3 is 0 Å². The van der Waals surface area contributed by atoms with Crippen molar-refractivity contribution in [2.75, 3.05) is 13.6 Å². The molecule has 1 aliphatic rings. The van der Waals surface area contributed by atoms with Gasteiger partial charge in [0.05, 0.1) is 0 Å². The van der Waals surface area contributed by atoms with Crippen LogP contribution in [0, 0.1) is 24.2 Å². The van der Waals surface area contributed by atoms with Crippen LogP contribution < -0.4 is 5.32 Å². The third kappa shape index (κ3) is 4.07. The number of aryl methyl sites for hydroxylation is 1. The maximum absolute atomic E-state index is 3.39. The molecule has 1 aliphatic carbocycles. The van der Waals surface area contributed by atoms with Gasteiger partial charge < -0.3 is 5.32 Å². The van der Waals surface area contributed by atoms with E-state index in [9.17, 15) is 0 Å². The molecule has 0 spiro atoms. The Balaban J connectivity index is 2.06. The Morgan fingerprint density at radius 3 is 2.47 bits per heavy atom. The van der Waals surface area contributed by atoms with E-state index >= 15 is 0 Å². The SMILES string of the molecule is CNCC1CCC(C)(C)CC1Cc1ccc(C)cc1. The lowest BCUT2D eigenvalue weighted by Crippen LogP contribution is -2.36. The van der Waals surface area contributed by atoms with E-state index in [1.54, 1.807) is 0 Å². The third-order valence-electron chi connectivity index (χ3n) is 4.76. The van der Waals surface area contributed by atoms with Gasteiger partial charge in [-0.25, -0.2) is 0 Å². The van der Waals surface area contributed by atoms with Gasteiger partial charge in [-0.15, -0.1) is 0 Å². The molecule has 0 amide bonds. The highest BCUT2D eigenvalue weighted by molar-refractivity contribution is 5.22. The summed E-state index contributed by atoms with van der Waals surface area (Å²) in [5.74, 6) is 1.68. The van der Waals surface area contributed by atoms with E-state index in [1.165, 1.54) is 43.4 Å². The summed E-state index contributed by atoms with van der Waals surface area (Å²) in [4.78, 5) is 0. The summed E-state index contributed by atoms with van der Waals surface area (Å²) >= 11 is 0. The lowest BCUT2D eigenvalue weighted by Gasteiger charge is -2.41. The summed E-state index contributed by atoms with van der Waals surface area (Å²) in [6.45, 7) is 8.21. The van der Waals surface area contributed by atoms with E-state index in [1.807, 2.05) is 0 Å². The molecule has 2 unspecified atom stereocenters. The second-order valence-electron chi connectivity index (χ2n) is 7.17. The maximum Gasteiger partial charge on any atom is -0.00207 e. The van der Waals surface area contributed by atoms with Crippen LogP contribution in [-0.2, 0) is 6.42 Å². The minimum Gasteiger partial charge on any atom is -0.319 e. The fourth-order valence-corrected chi connectivity index (χ4v) is 3.59. The average molecular weight is 259 g/mol. The largest absolute Gasteiger partial charge is 0.319 e. The molecule has 2 rings (SSSR count). The molecule has 0 aliphatic heterocycles. The van der Waals surface area contributed by atoms with Gasteiger partial charge in [-0.1, -0.05) is 43.7 Å². The second-order valence-corrected chi connectivity index (χ2v) is 7.17. The highest BCUT2D eigenvalue weighted by Gasteiger charge is 2.34. The number of rotatable bonds is 4. The van der Waals surface area contributed by atoms with Crippen molar-refractivity contribution in [1.82, 2.24) is 5.32 Å². The van der Waals surface area contributed by atoms with E-state index in [-0.39, 0.29) is 0 Å². The molecular formula is C18H29N. The number of benzene rings is 1. The van der Waals surface area contributed by atoms with Gasteiger partial charge in [0.2, 0.25) is 0 Å². The Kier molecular flexibility index (Phi) is 4.67. The van der Waals surface area contributed by atoms with Crippen molar-refractivity contribution in [2.45, 2.75) is 46.5 Å². The molecule has 1 aromatic rings. The first-order valence-corrected chi connectivity index (χ1v) is 7.70. The van der Waals surface area contributed by atoms with Crippen LogP contribution >= 0.6 is 0 Å². The van der Waals surface area contributed by atoms with Crippen LogP contribution in [0.1, 0.15) is 44.2 Å². The predicted octanol–water partition coefficient (Wildman–Crippen LogP) is 4.20. The number of nitrogens with one attached hydrogen (secondary N) is 1. The van der Waals surface area contributed by atoms with Crippen LogP contribution in [0.25, 0.3) is 0 Å². The fraction of sp³-hybridized carbons (Fsp3) is 0.667. The second kappa shape index (κ2) is 6.09. The first-order chi connectivity index (χ1) is 9.00. The number of hydrogen-bond acceptors (Lipinski definition) is 1. The van der Waals surface area contributed by atoms with Gasteiger partial charge in [0.25, 0.3) is 0 Å². The highest BCUT2D eigenvalue weighted by atomic mass is 14.8. The summed E-state index contributed by atoms with van der Waals surface area (Å²) in [6.07, 6.45) is 5.37. The zero-order valence-electron chi connectivity index (χ0n) is 13.0. The van der Waals surface area contributed by atoms with Crippen LogP contribution in [0.5, 0.6) is 0 Å². The molecule has 1 saturated carbocycles. The van der Waals surface area contributed by atoms with E-state index in [0.29, 0.717) is 5.41 Å². The Morgan fingerprint density at radius 2 is 1.84 bits per heavy atom. The maximum atomic E-state index is 3.39. The standard InChI is InChI=1S/C18H29N/c1-14-5-7-15(8-6-14)11-17-12-18(2,3)10-9-16(17)13-19-4/h5-8,16-17,19H,9-13H2,1-4H3. The smallest absolute Gasteiger partial charge is 0.00207 e. The van der Waals surface area contributed by atoms with E-state index in [4.69, 9.17) is 0 Å². The minimum absolute atomic E-state index is 0.527. The average Bonchev–Trinajstić information content (AvgIpc) is 2.35. The molecule has 1 fully saturated rings. The van der Waals surface area contributed by atoms with Crippen molar-refractivity contribution in [3.63, 3.8) is 0 Å². The summed E-state index contributed by atoms with van der Waals surface area (Å²) in [6, 6.07) is 9.12. The molecule has 1 heteroatoms. The fourth-order valence-electron chi connectivity index (χ4n) is 3.59. The van der Waals surface area contributed by atoms with Crippen LogP contribution in [-0.4, -0.2) is 13.6 Å². The number of hydrogen-bond donors (Lipinski definition) is 1. The lowest BCUT2D eigenvalue weighted by atomic mass is 9.65. The Hall–Kier alpha value is -0.820. The summed E-state index contributed by atoms with van der Waals surface area (Å²) in [7, 11) is 2.09. The van der Waals surface area contributed by atoms with Gasteiger partial charge in [0.15, 0.2) is 0 Å². The predicted molar refractivity (Wildman–Crippen MR) is 83.4 cm³/mol. The molecule has 0 saturated heterocycles. The first-order valence-electron chi connectivity index (χ1n) is 7.70. The molecule has 106 valence electrons. The molecule has 0 aromatic heterocycles. The quantitative estimate of drug-likeness (QED) is 0.854. The molecule has 1 nitrogen and oxygen atoms in total. The van der Waals surface area contributed by atoms with Gasteiger partial charge in [-0.05, 0) is 69.0 Å². The minimum atomic E-state index is 0.527. The van der Waals surface area contributed by atoms with Gasteiger partial charge in [0, 0.05) is 0 Å². The van der Waals surface area contributed by atoms with Crippen molar-refractivity contribution >= 4 is 0 Å². The van der Waals surface area contributed by atoms with E-state index in [0.717, 1.165) is 11.8 Å². The highest BCUT2D eigenvalue weighted by Crippen LogP contribution is 2.42. The van der Waals surface area contributed by atoms with Crippen LogP contribution in [0.15, 0.2) is 24.3 Å².